The molecule has 2 aromatic carbocycles. The van der Waals surface area contributed by atoms with Crippen LogP contribution in [0.5, 0.6) is 5.75 Å². The normalized spacial score (nSPS) is 22.6. The molecule has 1 atom stereocenters. The number of ether oxygens (including phenoxy) is 2. The zero-order valence-electron chi connectivity index (χ0n) is 25.5. The van der Waals surface area contributed by atoms with Gasteiger partial charge in [-0.05, 0) is 80.7 Å². The van der Waals surface area contributed by atoms with Crippen LogP contribution in [-0.4, -0.2) is 17.3 Å². The van der Waals surface area contributed by atoms with E-state index in [2.05, 4.69) is 36.5 Å². The lowest BCUT2D eigenvalue weighted by Crippen LogP contribution is -2.51. The Balaban J connectivity index is 1.45. The average molecular weight is 592 g/mol. The maximum Gasteiger partial charge on any atom is 0.412 e. The molecule has 2 aromatic rings. The summed E-state index contributed by atoms with van der Waals surface area (Å²) >= 11 is -1.42. The highest BCUT2D eigenvalue weighted by molar-refractivity contribution is 7.91. The van der Waals surface area contributed by atoms with E-state index in [1.165, 1.54) is 50.5 Å². The molecule has 6 heteroatoms. The van der Waals surface area contributed by atoms with E-state index in [0.29, 0.717) is 23.2 Å². The lowest BCUT2D eigenvalue weighted by molar-refractivity contribution is -0.105. The highest BCUT2D eigenvalue weighted by Crippen LogP contribution is 2.58. The summed E-state index contributed by atoms with van der Waals surface area (Å²) in [5.41, 5.74) is 2.36. The highest BCUT2D eigenvalue weighted by atomic mass is 32.2. The zero-order chi connectivity index (χ0) is 28.9. The highest BCUT2D eigenvalue weighted by Gasteiger charge is 2.56. The standard InChI is InChI=1S/C36H49NO4S/c1-2-3-25-40-34-32(42(39)30-21-19-27(20-22-30)26-13-7-4-8-14-26)24-23-31-33(34)36(41-35(38)37-31,28-15-9-5-10-16-28)29-17-11-6-12-18-29/h19-24,26,28-29H,2-18,25H2,1H3,(H,37,38). The van der Waals surface area contributed by atoms with Crippen molar-refractivity contribution < 1.29 is 18.8 Å². The van der Waals surface area contributed by atoms with Gasteiger partial charge in [0.05, 0.1) is 17.9 Å². The fourth-order valence-corrected chi connectivity index (χ4v) is 9.56. The first kappa shape index (κ1) is 29.9. The van der Waals surface area contributed by atoms with Crippen LogP contribution in [0.3, 0.4) is 0 Å². The summed E-state index contributed by atoms with van der Waals surface area (Å²) in [7, 11) is 0. The molecule has 3 fully saturated rings. The molecule has 3 aliphatic carbocycles. The van der Waals surface area contributed by atoms with Gasteiger partial charge in [-0.25, -0.2) is 4.79 Å². The number of hydrogen-bond donors (Lipinski definition) is 1. The number of benzene rings is 2. The summed E-state index contributed by atoms with van der Waals surface area (Å²) < 4.78 is 27.7. The molecule has 4 aliphatic rings. The number of unbranched alkanes of at least 4 members (excludes halogenated alkanes) is 1. The first-order valence-corrected chi connectivity index (χ1v) is 18.1. The molecule has 1 N–H and O–H groups in total. The summed E-state index contributed by atoms with van der Waals surface area (Å²) in [6, 6.07) is 12.4. The second kappa shape index (κ2) is 13.6. The fraction of sp³-hybridized carbons (Fsp3) is 0.639. The summed E-state index contributed by atoms with van der Waals surface area (Å²) in [6.45, 7) is 2.71. The maximum atomic E-state index is 14.4. The summed E-state index contributed by atoms with van der Waals surface area (Å²) in [6.07, 6.45) is 19.3. The first-order chi connectivity index (χ1) is 20.6. The second-order valence-corrected chi connectivity index (χ2v) is 14.6. The number of carbonyl (C=O) groups excluding carboxylic acids is 1. The number of carbonyl (C=O) groups is 1. The quantitative estimate of drug-likeness (QED) is 0.233. The van der Waals surface area contributed by atoms with Crippen molar-refractivity contribution in [3.63, 3.8) is 0 Å². The van der Waals surface area contributed by atoms with Crippen molar-refractivity contribution >= 4 is 23.0 Å². The Labute approximate surface area is 255 Å². The topological polar surface area (TPSA) is 70.6 Å². The molecule has 1 amide bonds. The molecule has 0 spiro atoms. The van der Waals surface area contributed by atoms with Crippen molar-refractivity contribution in [1.29, 1.82) is 0 Å². The van der Waals surface area contributed by atoms with E-state index in [4.69, 9.17) is 9.47 Å². The van der Waals surface area contributed by atoms with Crippen LogP contribution in [0, 0.1) is 11.8 Å². The van der Waals surface area contributed by atoms with Gasteiger partial charge in [0, 0.05) is 23.0 Å². The zero-order valence-corrected chi connectivity index (χ0v) is 26.3. The van der Waals surface area contributed by atoms with Crippen LogP contribution in [-0.2, 0) is 21.5 Å². The molecular weight excluding hydrogens is 542 g/mol. The number of nitrogens with one attached hydrogen (secondary N) is 1. The van der Waals surface area contributed by atoms with E-state index in [-0.39, 0.29) is 17.9 Å². The molecule has 6 rings (SSSR count). The minimum atomic E-state index is -1.42. The lowest BCUT2D eigenvalue weighted by atomic mass is 9.62. The Morgan fingerprint density at radius 2 is 1.45 bits per heavy atom. The van der Waals surface area contributed by atoms with Crippen LogP contribution in [0.1, 0.15) is 133 Å². The third-order valence-corrected chi connectivity index (χ3v) is 12.0. The van der Waals surface area contributed by atoms with Gasteiger partial charge in [0.1, 0.15) is 0 Å². The Morgan fingerprint density at radius 1 is 0.857 bits per heavy atom. The number of hydrogen-bond acceptors (Lipinski definition) is 4. The van der Waals surface area contributed by atoms with Gasteiger partial charge in [0.25, 0.3) is 0 Å². The van der Waals surface area contributed by atoms with Gasteiger partial charge in [-0.2, -0.15) is 0 Å². The number of fused-ring (bicyclic) bond motifs is 1. The van der Waals surface area contributed by atoms with E-state index in [1.54, 1.807) is 0 Å². The van der Waals surface area contributed by atoms with Crippen molar-refractivity contribution in [3.05, 3.63) is 47.5 Å². The molecule has 0 aromatic heterocycles. The second-order valence-electron chi connectivity index (χ2n) is 13.2. The van der Waals surface area contributed by atoms with E-state index >= 15 is 0 Å². The molecule has 3 saturated carbocycles. The predicted octanol–water partition coefficient (Wildman–Crippen LogP) is 10.00. The molecular formula is C36H49NO4S. The fourth-order valence-electron chi connectivity index (χ4n) is 8.40. The smallest absolute Gasteiger partial charge is 0.412 e. The van der Waals surface area contributed by atoms with Crippen LogP contribution in [0.25, 0.3) is 0 Å². The SMILES string of the molecule is CCCCOc1c([S+]([O-])c2ccc(C3CCCCC3)cc2)ccc2c1C(C1CCCCC1)(C1CCCCC1)OC(=O)N2. The number of rotatable bonds is 9. The maximum absolute atomic E-state index is 14.4. The van der Waals surface area contributed by atoms with Gasteiger partial charge in [-0.3, -0.25) is 5.32 Å². The minimum Gasteiger partial charge on any atom is -0.606 e. The van der Waals surface area contributed by atoms with Crippen LogP contribution >= 0.6 is 0 Å². The molecule has 228 valence electrons. The van der Waals surface area contributed by atoms with Crippen molar-refractivity contribution in [1.82, 2.24) is 0 Å². The summed E-state index contributed by atoms with van der Waals surface area (Å²) in [4.78, 5) is 14.8. The van der Waals surface area contributed by atoms with Crippen molar-refractivity contribution in [2.75, 3.05) is 11.9 Å². The Morgan fingerprint density at radius 3 is 2.05 bits per heavy atom. The largest absolute Gasteiger partial charge is 0.606 e. The van der Waals surface area contributed by atoms with E-state index in [9.17, 15) is 9.35 Å². The van der Waals surface area contributed by atoms with Crippen LogP contribution in [0.4, 0.5) is 10.5 Å². The molecule has 0 saturated heterocycles. The van der Waals surface area contributed by atoms with Crippen LogP contribution in [0.2, 0.25) is 0 Å². The molecule has 5 nitrogen and oxygen atoms in total. The third-order valence-electron chi connectivity index (χ3n) is 10.5. The van der Waals surface area contributed by atoms with Crippen LogP contribution < -0.4 is 10.1 Å². The van der Waals surface area contributed by atoms with E-state index < -0.39 is 16.8 Å². The van der Waals surface area contributed by atoms with Gasteiger partial charge in [0.15, 0.2) is 16.2 Å². The van der Waals surface area contributed by atoms with Gasteiger partial charge in [-0.1, -0.05) is 83.3 Å². The van der Waals surface area contributed by atoms with Crippen molar-refractivity contribution in [2.45, 2.75) is 137 Å². The number of amides is 1. The van der Waals surface area contributed by atoms with E-state index in [1.807, 2.05) is 12.1 Å². The van der Waals surface area contributed by atoms with Gasteiger partial charge < -0.3 is 14.0 Å². The van der Waals surface area contributed by atoms with Crippen molar-refractivity contribution in [3.8, 4) is 5.75 Å². The molecule has 0 bridgehead atoms. The first-order valence-electron chi connectivity index (χ1n) is 16.9. The summed E-state index contributed by atoms with van der Waals surface area (Å²) in [5, 5.41) is 3.03. The molecule has 42 heavy (non-hydrogen) atoms. The molecule has 1 unspecified atom stereocenters. The van der Waals surface area contributed by atoms with Gasteiger partial charge in [-0.15, -0.1) is 0 Å². The number of anilines is 1. The van der Waals surface area contributed by atoms with Crippen molar-refractivity contribution in [2.24, 2.45) is 11.8 Å². The van der Waals surface area contributed by atoms with E-state index in [0.717, 1.165) is 80.4 Å². The number of cyclic esters (lactones) is 1. The predicted molar refractivity (Wildman–Crippen MR) is 169 cm³/mol. The Hall–Kier alpha value is -2.18. The minimum absolute atomic E-state index is 0.242. The van der Waals surface area contributed by atoms with Gasteiger partial charge in [0.2, 0.25) is 4.90 Å². The van der Waals surface area contributed by atoms with Gasteiger partial charge >= 0.3 is 6.09 Å². The summed E-state index contributed by atoms with van der Waals surface area (Å²) in [5.74, 6) is 1.79. The van der Waals surface area contributed by atoms with Crippen LogP contribution in [0.15, 0.2) is 46.2 Å². The molecule has 1 aliphatic heterocycles. The Bertz CT molecular complexity index is 1180. The Kier molecular flexibility index (Phi) is 9.70. The monoisotopic (exact) mass is 591 g/mol. The average Bonchev–Trinajstić information content (AvgIpc) is 3.05. The third kappa shape index (κ3) is 5.95. The lowest BCUT2D eigenvalue weighted by Gasteiger charge is -2.51. The molecule has 0 radical (unpaired) electrons. The molecule has 1 heterocycles.